The summed E-state index contributed by atoms with van der Waals surface area (Å²) in [5, 5.41) is 5.71. The summed E-state index contributed by atoms with van der Waals surface area (Å²) in [6, 6.07) is 9.28. The zero-order valence-corrected chi connectivity index (χ0v) is 14.0. The van der Waals surface area contributed by atoms with Crippen LogP contribution < -0.4 is 10.6 Å². The molecule has 1 aliphatic rings. The summed E-state index contributed by atoms with van der Waals surface area (Å²) in [6.07, 6.45) is 2.76. The Labute approximate surface area is 141 Å². The number of nitrogens with one attached hydrogen (secondary N) is 2. The minimum absolute atomic E-state index is 0.0278. The molecule has 0 bridgehead atoms. The van der Waals surface area contributed by atoms with Crippen molar-refractivity contribution in [3.05, 3.63) is 47.5 Å². The molecule has 6 heteroatoms. The summed E-state index contributed by atoms with van der Waals surface area (Å²) in [6.45, 7) is 4.53. The van der Waals surface area contributed by atoms with E-state index in [0.29, 0.717) is 17.2 Å². The summed E-state index contributed by atoms with van der Waals surface area (Å²) < 4.78 is 1.89. The van der Waals surface area contributed by atoms with Crippen LogP contribution in [0.3, 0.4) is 0 Å². The molecule has 2 heterocycles. The Balaban J connectivity index is 1.91. The first-order valence-corrected chi connectivity index (χ1v) is 8.33. The SMILES string of the molecule is CC(C)NC(=O)c1nc(C(=O)Nc2ccccc2)n2c1CCCC2. The summed E-state index contributed by atoms with van der Waals surface area (Å²) in [7, 11) is 0. The van der Waals surface area contributed by atoms with E-state index in [1.807, 2.05) is 48.7 Å². The molecule has 2 amide bonds. The number of carbonyl (C=O) groups is 2. The van der Waals surface area contributed by atoms with Gasteiger partial charge in [0.05, 0.1) is 5.69 Å². The van der Waals surface area contributed by atoms with Crippen LogP contribution in [-0.2, 0) is 13.0 Å². The first-order chi connectivity index (χ1) is 11.6. The first-order valence-electron chi connectivity index (χ1n) is 8.33. The minimum atomic E-state index is -0.284. The molecule has 0 aliphatic carbocycles. The van der Waals surface area contributed by atoms with Crippen LogP contribution in [0.4, 0.5) is 5.69 Å². The van der Waals surface area contributed by atoms with E-state index in [4.69, 9.17) is 0 Å². The molecule has 2 aromatic rings. The molecular formula is C18H22N4O2. The predicted octanol–water partition coefficient (Wildman–Crippen LogP) is 2.61. The largest absolute Gasteiger partial charge is 0.348 e. The molecule has 0 fully saturated rings. The van der Waals surface area contributed by atoms with Gasteiger partial charge in [0, 0.05) is 18.3 Å². The Bertz CT molecular complexity index is 750. The van der Waals surface area contributed by atoms with Gasteiger partial charge in [0.25, 0.3) is 11.8 Å². The number of rotatable bonds is 4. The maximum Gasteiger partial charge on any atom is 0.291 e. The number of aromatic nitrogens is 2. The standard InChI is InChI=1S/C18H22N4O2/c1-12(2)19-17(23)15-14-10-6-7-11-22(14)16(21-15)18(24)20-13-8-4-3-5-9-13/h3-5,8-9,12H,6-7,10-11H2,1-2H3,(H,19,23)(H,20,24). The Morgan fingerprint density at radius 3 is 2.58 bits per heavy atom. The normalized spacial score (nSPS) is 13.5. The summed E-state index contributed by atoms with van der Waals surface area (Å²) >= 11 is 0. The van der Waals surface area contributed by atoms with Crippen molar-refractivity contribution in [2.45, 2.75) is 45.7 Å². The van der Waals surface area contributed by atoms with Crippen molar-refractivity contribution in [3.8, 4) is 0 Å². The second-order valence-electron chi connectivity index (χ2n) is 6.29. The van der Waals surface area contributed by atoms with Crippen LogP contribution in [0.1, 0.15) is 53.5 Å². The summed E-state index contributed by atoms with van der Waals surface area (Å²) in [4.78, 5) is 29.4. The molecule has 24 heavy (non-hydrogen) atoms. The van der Waals surface area contributed by atoms with Gasteiger partial charge < -0.3 is 15.2 Å². The quantitative estimate of drug-likeness (QED) is 0.907. The molecule has 126 valence electrons. The average Bonchev–Trinajstić information content (AvgIpc) is 2.95. The molecule has 0 saturated carbocycles. The van der Waals surface area contributed by atoms with Crippen LogP contribution in [0.25, 0.3) is 0 Å². The van der Waals surface area contributed by atoms with Crippen molar-refractivity contribution in [1.82, 2.24) is 14.9 Å². The molecule has 1 aromatic heterocycles. The van der Waals surface area contributed by atoms with Crippen molar-refractivity contribution in [3.63, 3.8) is 0 Å². The molecule has 6 nitrogen and oxygen atoms in total. The number of benzene rings is 1. The molecule has 1 aliphatic heterocycles. The highest BCUT2D eigenvalue weighted by Gasteiger charge is 2.27. The van der Waals surface area contributed by atoms with Gasteiger partial charge in [-0.05, 0) is 45.2 Å². The van der Waals surface area contributed by atoms with Crippen LogP contribution in [0, 0.1) is 0 Å². The fourth-order valence-electron chi connectivity index (χ4n) is 2.94. The molecule has 1 aromatic carbocycles. The van der Waals surface area contributed by atoms with E-state index in [1.165, 1.54) is 0 Å². The zero-order chi connectivity index (χ0) is 17.1. The Hall–Kier alpha value is -2.63. The zero-order valence-electron chi connectivity index (χ0n) is 14.0. The molecular weight excluding hydrogens is 304 g/mol. The third kappa shape index (κ3) is 3.32. The topological polar surface area (TPSA) is 76.0 Å². The molecule has 0 saturated heterocycles. The van der Waals surface area contributed by atoms with E-state index in [2.05, 4.69) is 15.6 Å². The van der Waals surface area contributed by atoms with Crippen LogP contribution in [0.15, 0.2) is 30.3 Å². The Kier molecular flexibility index (Phi) is 4.64. The number of hydrogen-bond acceptors (Lipinski definition) is 3. The maximum atomic E-state index is 12.6. The van der Waals surface area contributed by atoms with Crippen molar-refractivity contribution < 1.29 is 9.59 Å². The summed E-state index contributed by atoms with van der Waals surface area (Å²) in [5.74, 6) is -0.190. The fourth-order valence-corrected chi connectivity index (χ4v) is 2.94. The second-order valence-corrected chi connectivity index (χ2v) is 6.29. The average molecular weight is 326 g/mol. The van der Waals surface area contributed by atoms with E-state index in [1.54, 1.807) is 0 Å². The van der Waals surface area contributed by atoms with Gasteiger partial charge in [-0.15, -0.1) is 0 Å². The van der Waals surface area contributed by atoms with Crippen molar-refractivity contribution in [2.24, 2.45) is 0 Å². The smallest absolute Gasteiger partial charge is 0.291 e. The molecule has 0 unspecified atom stereocenters. The van der Waals surface area contributed by atoms with Crippen molar-refractivity contribution in [2.75, 3.05) is 5.32 Å². The molecule has 0 spiro atoms. The van der Waals surface area contributed by atoms with Gasteiger partial charge in [-0.25, -0.2) is 4.98 Å². The number of carbonyl (C=O) groups excluding carboxylic acids is 2. The van der Waals surface area contributed by atoms with Crippen LogP contribution in [0.2, 0.25) is 0 Å². The molecule has 0 atom stereocenters. The number of hydrogen-bond donors (Lipinski definition) is 2. The Morgan fingerprint density at radius 2 is 1.88 bits per heavy atom. The van der Waals surface area contributed by atoms with Gasteiger partial charge in [-0.1, -0.05) is 18.2 Å². The number of imidazole rings is 1. The third-order valence-electron chi connectivity index (χ3n) is 3.99. The molecule has 0 radical (unpaired) electrons. The second kappa shape index (κ2) is 6.86. The van der Waals surface area contributed by atoms with E-state index in [9.17, 15) is 9.59 Å². The summed E-state index contributed by atoms with van der Waals surface area (Å²) in [5.41, 5.74) is 1.95. The van der Waals surface area contributed by atoms with Gasteiger partial charge in [0.2, 0.25) is 0 Å². The fraction of sp³-hybridized carbons (Fsp3) is 0.389. The van der Waals surface area contributed by atoms with Gasteiger partial charge >= 0.3 is 0 Å². The predicted molar refractivity (Wildman–Crippen MR) is 92.2 cm³/mol. The van der Waals surface area contributed by atoms with Gasteiger partial charge in [0.1, 0.15) is 5.69 Å². The number of nitrogens with zero attached hydrogens (tertiary/aromatic N) is 2. The number of amides is 2. The highest BCUT2D eigenvalue weighted by molar-refractivity contribution is 6.03. The number of anilines is 1. The van der Waals surface area contributed by atoms with Crippen molar-refractivity contribution >= 4 is 17.5 Å². The minimum Gasteiger partial charge on any atom is -0.348 e. The first kappa shape index (κ1) is 16.2. The maximum absolute atomic E-state index is 12.6. The molecule has 2 N–H and O–H groups in total. The van der Waals surface area contributed by atoms with Gasteiger partial charge in [-0.3, -0.25) is 9.59 Å². The third-order valence-corrected chi connectivity index (χ3v) is 3.99. The van der Waals surface area contributed by atoms with Crippen molar-refractivity contribution in [1.29, 1.82) is 0 Å². The lowest BCUT2D eigenvalue weighted by Gasteiger charge is -2.17. The van der Waals surface area contributed by atoms with Crippen LogP contribution in [-0.4, -0.2) is 27.4 Å². The molecule has 3 rings (SSSR count). The van der Waals surface area contributed by atoms with Gasteiger partial charge in [0.15, 0.2) is 5.82 Å². The van der Waals surface area contributed by atoms with E-state index in [-0.39, 0.29) is 17.9 Å². The monoisotopic (exact) mass is 326 g/mol. The Morgan fingerprint density at radius 1 is 1.12 bits per heavy atom. The number of para-hydroxylation sites is 1. The van der Waals surface area contributed by atoms with E-state index >= 15 is 0 Å². The van der Waals surface area contributed by atoms with Crippen LogP contribution >= 0.6 is 0 Å². The highest BCUT2D eigenvalue weighted by atomic mass is 16.2. The van der Waals surface area contributed by atoms with Gasteiger partial charge in [-0.2, -0.15) is 0 Å². The highest BCUT2D eigenvalue weighted by Crippen LogP contribution is 2.22. The van der Waals surface area contributed by atoms with E-state index < -0.39 is 0 Å². The number of fused-ring (bicyclic) bond motifs is 1. The lowest BCUT2D eigenvalue weighted by molar-refractivity contribution is 0.0937. The van der Waals surface area contributed by atoms with E-state index in [0.717, 1.165) is 31.5 Å². The lowest BCUT2D eigenvalue weighted by atomic mass is 10.1. The lowest BCUT2D eigenvalue weighted by Crippen LogP contribution is -2.31. The van der Waals surface area contributed by atoms with Crippen LogP contribution in [0.5, 0.6) is 0 Å².